The number of nitrogens with one attached hydrogen (secondary N) is 2. The lowest BCUT2D eigenvalue weighted by Gasteiger charge is -2.23. The van der Waals surface area contributed by atoms with Crippen molar-refractivity contribution in [2.75, 3.05) is 16.2 Å². The Kier molecular flexibility index (Phi) is 8.75. The van der Waals surface area contributed by atoms with Crippen LogP contribution in [0, 0.1) is 0 Å². The van der Waals surface area contributed by atoms with Gasteiger partial charge in [0.25, 0.3) is 21.8 Å². The van der Waals surface area contributed by atoms with Crippen LogP contribution in [0.1, 0.15) is 22.8 Å². The van der Waals surface area contributed by atoms with E-state index in [1.54, 1.807) is 85.8 Å². The first-order chi connectivity index (χ1) is 18.7. The van der Waals surface area contributed by atoms with Crippen molar-refractivity contribution in [1.82, 2.24) is 5.43 Å². The second-order valence-corrected chi connectivity index (χ2v) is 10.7. The molecule has 0 aliphatic heterocycles. The number of carbonyl (C=O) groups excluding carboxylic acids is 2. The molecule has 0 unspecified atom stereocenters. The maximum atomic E-state index is 13.4. The van der Waals surface area contributed by atoms with Gasteiger partial charge in [0, 0.05) is 16.3 Å². The Morgan fingerprint density at radius 1 is 0.821 bits per heavy atom. The van der Waals surface area contributed by atoms with Crippen molar-refractivity contribution in [1.29, 1.82) is 0 Å². The van der Waals surface area contributed by atoms with Gasteiger partial charge in [0.2, 0.25) is 0 Å². The third-order valence-corrected chi connectivity index (χ3v) is 7.70. The van der Waals surface area contributed by atoms with E-state index >= 15 is 0 Å². The minimum absolute atomic E-state index is 0.0433. The van der Waals surface area contributed by atoms with Crippen LogP contribution in [-0.2, 0) is 14.8 Å². The largest absolute Gasteiger partial charge is 0.322 e. The number of benzene rings is 4. The molecule has 0 saturated carbocycles. The van der Waals surface area contributed by atoms with Crippen molar-refractivity contribution in [2.24, 2.45) is 5.10 Å². The number of hydrogen-bond acceptors (Lipinski definition) is 5. The van der Waals surface area contributed by atoms with E-state index in [2.05, 4.69) is 15.8 Å². The summed E-state index contributed by atoms with van der Waals surface area (Å²) in [7, 11) is -4.05. The highest BCUT2D eigenvalue weighted by Gasteiger charge is 2.27. The van der Waals surface area contributed by atoms with Gasteiger partial charge in [-0.2, -0.15) is 5.10 Å². The zero-order valence-electron chi connectivity index (χ0n) is 20.9. The van der Waals surface area contributed by atoms with Gasteiger partial charge in [0.15, 0.2) is 0 Å². The predicted octanol–water partition coefficient (Wildman–Crippen LogP) is 5.33. The Hall–Kier alpha value is -4.47. The zero-order chi connectivity index (χ0) is 27.8. The van der Waals surface area contributed by atoms with Crippen molar-refractivity contribution < 1.29 is 18.0 Å². The highest BCUT2D eigenvalue weighted by Crippen LogP contribution is 2.25. The van der Waals surface area contributed by atoms with Crippen molar-refractivity contribution in [3.05, 3.63) is 125 Å². The van der Waals surface area contributed by atoms with E-state index < -0.39 is 22.5 Å². The normalized spacial score (nSPS) is 11.5. The molecule has 2 N–H and O–H groups in total. The Labute approximate surface area is 232 Å². The van der Waals surface area contributed by atoms with Crippen LogP contribution in [0.4, 0.5) is 11.4 Å². The van der Waals surface area contributed by atoms with E-state index in [0.29, 0.717) is 27.5 Å². The fraction of sp³-hybridized carbons (Fsp3) is 0.0690. The summed E-state index contributed by atoms with van der Waals surface area (Å²) in [6.45, 7) is 1.18. The van der Waals surface area contributed by atoms with Crippen LogP contribution in [0.25, 0.3) is 0 Å². The summed E-state index contributed by atoms with van der Waals surface area (Å²) < 4.78 is 27.8. The summed E-state index contributed by atoms with van der Waals surface area (Å²) in [5.41, 5.74) is 4.92. The van der Waals surface area contributed by atoms with Gasteiger partial charge in [-0.15, -0.1) is 0 Å². The second kappa shape index (κ2) is 12.4. The van der Waals surface area contributed by atoms with E-state index in [9.17, 15) is 18.0 Å². The molecule has 4 aromatic rings. The van der Waals surface area contributed by atoms with Crippen LogP contribution < -0.4 is 15.0 Å². The van der Waals surface area contributed by atoms with Crippen LogP contribution in [0.3, 0.4) is 0 Å². The van der Waals surface area contributed by atoms with Crippen molar-refractivity contribution in [3.8, 4) is 0 Å². The molecule has 0 aliphatic rings. The summed E-state index contributed by atoms with van der Waals surface area (Å²) in [6, 6.07) is 29.8. The van der Waals surface area contributed by atoms with Crippen molar-refractivity contribution in [2.45, 2.75) is 11.8 Å². The van der Waals surface area contributed by atoms with E-state index in [4.69, 9.17) is 11.6 Å². The summed E-state index contributed by atoms with van der Waals surface area (Å²) in [4.78, 5) is 25.4. The Balaban J connectivity index is 1.49. The topological polar surface area (TPSA) is 108 Å². The first-order valence-electron chi connectivity index (χ1n) is 11.9. The summed E-state index contributed by atoms with van der Waals surface area (Å²) in [5.74, 6) is -0.894. The molecule has 0 heterocycles. The molecule has 0 aromatic heterocycles. The molecule has 0 spiro atoms. The highest BCUT2D eigenvalue weighted by atomic mass is 35.5. The van der Waals surface area contributed by atoms with Crippen LogP contribution in [0.5, 0.6) is 0 Å². The van der Waals surface area contributed by atoms with Crippen LogP contribution in [0.15, 0.2) is 119 Å². The number of rotatable bonds is 9. The van der Waals surface area contributed by atoms with Gasteiger partial charge in [-0.25, -0.2) is 13.8 Å². The molecule has 0 saturated heterocycles. The molecular formula is C29H25ClN4O4S. The number of hydrazone groups is 1. The fourth-order valence-electron chi connectivity index (χ4n) is 3.63. The molecule has 10 heteroatoms. The van der Waals surface area contributed by atoms with Gasteiger partial charge >= 0.3 is 0 Å². The van der Waals surface area contributed by atoms with Crippen molar-refractivity contribution in [3.63, 3.8) is 0 Å². The average molecular weight is 561 g/mol. The Morgan fingerprint density at radius 3 is 2.10 bits per heavy atom. The predicted molar refractivity (Wildman–Crippen MR) is 154 cm³/mol. The Morgan fingerprint density at radius 2 is 1.44 bits per heavy atom. The molecule has 8 nitrogen and oxygen atoms in total. The number of halogens is 1. The van der Waals surface area contributed by atoms with E-state index in [0.717, 1.165) is 4.31 Å². The molecule has 198 valence electrons. The first kappa shape index (κ1) is 27.6. The molecule has 4 rings (SSSR count). The zero-order valence-corrected chi connectivity index (χ0v) is 22.5. The number of amides is 2. The molecule has 0 bridgehead atoms. The number of carbonyl (C=O) groups is 2. The third-order valence-electron chi connectivity index (χ3n) is 5.66. The van der Waals surface area contributed by atoms with Crippen molar-refractivity contribution >= 4 is 50.5 Å². The maximum Gasteiger partial charge on any atom is 0.264 e. The van der Waals surface area contributed by atoms with Gasteiger partial charge in [0.1, 0.15) is 6.54 Å². The minimum Gasteiger partial charge on any atom is -0.322 e. The lowest BCUT2D eigenvalue weighted by atomic mass is 10.1. The van der Waals surface area contributed by atoms with Crippen LogP contribution in [0.2, 0.25) is 5.02 Å². The molecule has 0 aliphatic carbocycles. The molecule has 4 aromatic carbocycles. The average Bonchev–Trinajstić information content (AvgIpc) is 2.96. The lowest BCUT2D eigenvalue weighted by Crippen LogP contribution is -2.39. The minimum atomic E-state index is -4.05. The number of hydrogen-bond donors (Lipinski definition) is 2. The van der Waals surface area contributed by atoms with Gasteiger partial charge < -0.3 is 5.32 Å². The van der Waals surface area contributed by atoms with Gasteiger partial charge in [0.05, 0.1) is 16.3 Å². The number of nitrogens with zero attached hydrogens (tertiary/aromatic N) is 2. The second-order valence-electron chi connectivity index (χ2n) is 8.43. The van der Waals surface area contributed by atoms with Crippen LogP contribution in [-0.4, -0.2) is 32.5 Å². The highest BCUT2D eigenvalue weighted by molar-refractivity contribution is 7.92. The van der Waals surface area contributed by atoms with Gasteiger partial charge in [-0.3, -0.25) is 13.9 Å². The quantitative estimate of drug-likeness (QED) is 0.213. The SMILES string of the molecule is C/C(=N/NC(=O)CN(c1ccc(Cl)cc1)S(=O)(=O)c1ccccc1)c1cccc(NC(=O)c2ccccc2)c1. The standard InChI is InChI=1S/C29H25ClN4O4S/c1-21(23-11-8-12-25(19-23)31-29(36)22-9-4-2-5-10-22)32-33-28(35)20-34(26-17-15-24(30)16-18-26)39(37,38)27-13-6-3-7-14-27/h2-19H,20H2,1H3,(H,31,36)(H,33,35)/b32-21-. The monoisotopic (exact) mass is 560 g/mol. The third kappa shape index (κ3) is 7.10. The molecule has 2 amide bonds. The molecular weight excluding hydrogens is 536 g/mol. The lowest BCUT2D eigenvalue weighted by molar-refractivity contribution is -0.119. The number of sulfonamides is 1. The summed E-state index contributed by atoms with van der Waals surface area (Å²) in [5, 5.41) is 7.42. The molecule has 0 fully saturated rings. The molecule has 0 radical (unpaired) electrons. The summed E-state index contributed by atoms with van der Waals surface area (Å²) in [6.07, 6.45) is 0. The van der Waals surface area contributed by atoms with Gasteiger partial charge in [-0.1, -0.05) is 60.1 Å². The number of anilines is 2. The smallest absolute Gasteiger partial charge is 0.264 e. The Bertz CT molecular complexity index is 1590. The van der Waals surface area contributed by atoms with E-state index in [1.165, 1.54) is 24.3 Å². The van der Waals surface area contributed by atoms with Crippen LogP contribution >= 0.6 is 11.6 Å². The van der Waals surface area contributed by atoms with E-state index in [1.807, 2.05) is 6.07 Å². The first-order valence-corrected chi connectivity index (χ1v) is 13.7. The molecule has 0 atom stereocenters. The van der Waals surface area contributed by atoms with E-state index in [-0.39, 0.29) is 16.5 Å². The van der Waals surface area contributed by atoms with Gasteiger partial charge in [-0.05, 0) is 73.2 Å². The molecule has 39 heavy (non-hydrogen) atoms. The fourth-order valence-corrected chi connectivity index (χ4v) is 5.20. The summed E-state index contributed by atoms with van der Waals surface area (Å²) >= 11 is 5.98. The maximum absolute atomic E-state index is 13.4.